The molecule has 0 aromatic rings. The molecule has 1 saturated carbocycles. The molecular weight excluding hydrogens is 332 g/mol. The molecule has 3 rings (SSSR count). The van der Waals surface area contributed by atoms with Crippen molar-refractivity contribution in [1.82, 2.24) is 0 Å². The summed E-state index contributed by atoms with van der Waals surface area (Å²) >= 11 is 0. The van der Waals surface area contributed by atoms with Crippen molar-refractivity contribution in [2.24, 2.45) is 16.7 Å². The zero-order valence-corrected chi connectivity index (χ0v) is 16.1. The lowest BCUT2D eigenvalue weighted by Gasteiger charge is -2.60. The van der Waals surface area contributed by atoms with E-state index in [-0.39, 0.29) is 17.9 Å². The van der Waals surface area contributed by atoms with Crippen molar-refractivity contribution < 1.29 is 24.5 Å². The molecule has 2 aliphatic carbocycles. The van der Waals surface area contributed by atoms with Crippen molar-refractivity contribution >= 4 is 5.97 Å². The molecule has 1 aliphatic heterocycles. The minimum atomic E-state index is -1.43. The standard InChI is InChI=1S/C21H30O5/c1-5-6-7-9-16(22)26-15-12-14-13-25-18(23)21(14,24)20(4)11-8-10-19(2,3)17(15)20/h5-7,9,12,15,17-18,23-24H,8,10-11,13H2,1-4H3/b6-5+,9-7+/t15-,17?,18?,20+,21+/m1/s1. The van der Waals surface area contributed by atoms with E-state index >= 15 is 0 Å². The first-order valence-electron chi connectivity index (χ1n) is 9.40. The number of hydrogen-bond donors (Lipinski definition) is 2. The Labute approximate surface area is 155 Å². The Morgan fingerprint density at radius 3 is 2.73 bits per heavy atom. The van der Waals surface area contributed by atoms with Gasteiger partial charge in [-0.05, 0) is 36.8 Å². The fourth-order valence-corrected chi connectivity index (χ4v) is 5.52. The molecule has 0 radical (unpaired) electrons. The third kappa shape index (κ3) is 2.77. The SMILES string of the molecule is C/C=C/C=C/C(=O)O[C@@H]1C=C2COC(O)[C@]2(O)[C@@]2(C)CCCC(C)(C)C12. The highest BCUT2D eigenvalue weighted by Crippen LogP contribution is 2.63. The molecule has 0 bridgehead atoms. The lowest BCUT2D eigenvalue weighted by molar-refractivity contribution is -0.244. The molecule has 1 heterocycles. The first kappa shape index (κ1) is 19.3. The van der Waals surface area contributed by atoms with E-state index < -0.39 is 29.4 Å². The summed E-state index contributed by atoms with van der Waals surface area (Å²) in [6.45, 7) is 8.33. The maximum atomic E-state index is 12.3. The lowest BCUT2D eigenvalue weighted by atomic mass is 9.46. The smallest absolute Gasteiger partial charge is 0.331 e. The number of rotatable bonds is 3. The van der Waals surface area contributed by atoms with Crippen LogP contribution in [0, 0.1) is 16.7 Å². The van der Waals surface area contributed by atoms with Crippen molar-refractivity contribution in [3.8, 4) is 0 Å². The van der Waals surface area contributed by atoms with E-state index in [1.54, 1.807) is 18.2 Å². The molecule has 0 amide bonds. The summed E-state index contributed by atoms with van der Waals surface area (Å²) in [5, 5.41) is 21.9. The first-order chi connectivity index (χ1) is 12.2. The van der Waals surface area contributed by atoms with Crippen molar-refractivity contribution in [1.29, 1.82) is 0 Å². The normalized spacial score (nSPS) is 41.8. The number of carbonyl (C=O) groups excluding carboxylic acids is 1. The fraction of sp³-hybridized carbons (Fsp3) is 0.667. The molecule has 2 unspecified atom stereocenters. The summed E-state index contributed by atoms with van der Waals surface area (Å²) < 4.78 is 11.2. The van der Waals surface area contributed by atoms with Gasteiger partial charge in [0.25, 0.3) is 0 Å². The first-order valence-corrected chi connectivity index (χ1v) is 9.40. The maximum absolute atomic E-state index is 12.3. The molecule has 0 aromatic heterocycles. The van der Waals surface area contributed by atoms with Crippen LogP contribution in [0.2, 0.25) is 0 Å². The predicted octanol–water partition coefficient (Wildman–Crippen LogP) is 2.88. The van der Waals surface area contributed by atoms with E-state index in [0.717, 1.165) is 19.3 Å². The third-order valence-corrected chi connectivity index (χ3v) is 6.64. The highest BCUT2D eigenvalue weighted by molar-refractivity contribution is 5.82. The molecule has 2 N–H and O–H groups in total. The van der Waals surface area contributed by atoms with E-state index in [2.05, 4.69) is 13.8 Å². The van der Waals surface area contributed by atoms with Gasteiger partial charge in [-0.1, -0.05) is 45.4 Å². The van der Waals surface area contributed by atoms with Crippen molar-refractivity contribution in [3.05, 3.63) is 36.0 Å². The monoisotopic (exact) mass is 362 g/mol. The molecule has 5 heteroatoms. The van der Waals surface area contributed by atoms with Crippen LogP contribution in [0.4, 0.5) is 0 Å². The van der Waals surface area contributed by atoms with Crippen molar-refractivity contribution in [2.75, 3.05) is 6.61 Å². The fourth-order valence-electron chi connectivity index (χ4n) is 5.52. The largest absolute Gasteiger partial charge is 0.455 e. The van der Waals surface area contributed by atoms with Crippen LogP contribution in [0.5, 0.6) is 0 Å². The topological polar surface area (TPSA) is 76.0 Å². The van der Waals surface area contributed by atoms with Gasteiger partial charge < -0.3 is 19.7 Å². The molecule has 0 spiro atoms. The molecule has 0 aromatic carbocycles. The number of ether oxygens (including phenoxy) is 2. The van der Waals surface area contributed by atoms with Gasteiger partial charge in [-0.3, -0.25) is 0 Å². The molecule has 2 fully saturated rings. The molecule has 1 saturated heterocycles. The molecule has 5 atom stereocenters. The lowest BCUT2D eigenvalue weighted by Crippen LogP contribution is -2.65. The van der Waals surface area contributed by atoms with Gasteiger partial charge in [-0.2, -0.15) is 0 Å². The second-order valence-electron chi connectivity index (χ2n) is 8.65. The van der Waals surface area contributed by atoms with Gasteiger partial charge in [0.15, 0.2) is 6.29 Å². The number of esters is 1. The minimum Gasteiger partial charge on any atom is -0.455 e. The van der Waals surface area contributed by atoms with Crippen LogP contribution in [0.1, 0.15) is 47.0 Å². The number of aliphatic hydroxyl groups excluding tert-OH is 1. The maximum Gasteiger partial charge on any atom is 0.331 e. The van der Waals surface area contributed by atoms with Gasteiger partial charge in [0.1, 0.15) is 11.7 Å². The number of fused-ring (bicyclic) bond motifs is 3. The van der Waals surface area contributed by atoms with E-state index in [9.17, 15) is 15.0 Å². The van der Waals surface area contributed by atoms with Gasteiger partial charge in [0.05, 0.1) is 6.61 Å². The molecular formula is C21H30O5. The summed E-state index contributed by atoms with van der Waals surface area (Å²) in [7, 11) is 0. The van der Waals surface area contributed by atoms with Crippen molar-refractivity contribution in [2.45, 2.75) is 65.0 Å². The Kier molecular flexibility index (Phi) is 4.93. The van der Waals surface area contributed by atoms with Crippen LogP contribution in [0.25, 0.3) is 0 Å². The summed E-state index contributed by atoms with van der Waals surface area (Å²) in [5.41, 5.74) is -1.59. The Hall–Kier alpha value is -1.43. The van der Waals surface area contributed by atoms with Gasteiger partial charge >= 0.3 is 5.97 Å². The quantitative estimate of drug-likeness (QED) is 0.349. The van der Waals surface area contributed by atoms with Crippen LogP contribution in [-0.4, -0.2) is 40.8 Å². The summed E-state index contributed by atoms with van der Waals surface area (Å²) in [6.07, 6.45) is 9.45. The van der Waals surface area contributed by atoms with E-state index in [4.69, 9.17) is 9.47 Å². The molecule has 3 aliphatic rings. The molecule has 144 valence electrons. The Morgan fingerprint density at radius 1 is 1.31 bits per heavy atom. The predicted molar refractivity (Wildman–Crippen MR) is 98.1 cm³/mol. The summed E-state index contributed by atoms with van der Waals surface area (Å²) in [4.78, 5) is 12.3. The second kappa shape index (κ2) is 6.63. The van der Waals surface area contributed by atoms with Crippen LogP contribution in [-0.2, 0) is 14.3 Å². The highest BCUT2D eigenvalue weighted by atomic mass is 16.6. The Morgan fingerprint density at radius 2 is 2.04 bits per heavy atom. The van der Waals surface area contributed by atoms with Gasteiger partial charge in [0, 0.05) is 17.4 Å². The van der Waals surface area contributed by atoms with Crippen LogP contribution < -0.4 is 0 Å². The third-order valence-electron chi connectivity index (χ3n) is 6.64. The van der Waals surface area contributed by atoms with E-state index in [0.29, 0.717) is 5.57 Å². The Bertz CT molecular complexity index is 661. The highest BCUT2D eigenvalue weighted by Gasteiger charge is 2.68. The van der Waals surface area contributed by atoms with Gasteiger partial charge in [-0.15, -0.1) is 0 Å². The van der Waals surface area contributed by atoms with E-state index in [1.165, 1.54) is 6.08 Å². The van der Waals surface area contributed by atoms with E-state index in [1.807, 2.05) is 19.9 Å². The van der Waals surface area contributed by atoms with Crippen LogP contribution in [0.15, 0.2) is 36.0 Å². The number of carbonyl (C=O) groups is 1. The van der Waals surface area contributed by atoms with Crippen molar-refractivity contribution in [3.63, 3.8) is 0 Å². The van der Waals surface area contributed by atoms with Gasteiger partial charge in [0.2, 0.25) is 0 Å². The molecule has 5 nitrogen and oxygen atoms in total. The average molecular weight is 362 g/mol. The minimum absolute atomic E-state index is 0.118. The number of allylic oxidation sites excluding steroid dienone is 3. The number of hydrogen-bond acceptors (Lipinski definition) is 5. The second-order valence-corrected chi connectivity index (χ2v) is 8.65. The zero-order chi connectivity index (χ0) is 19.2. The average Bonchev–Trinajstić information content (AvgIpc) is 2.84. The number of aliphatic hydroxyl groups is 2. The van der Waals surface area contributed by atoms with Crippen LogP contribution >= 0.6 is 0 Å². The van der Waals surface area contributed by atoms with Crippen LogP contribution in [0.3, 0.4) is 0 Å². The zero-order valence-electron chi connectivity index (χ0n) is 16.1. The van der Waals surface area contributed by atoms with Gasteiger partial charge in [-0.25, -0.2) is 4.79 Å². The summed E-state index contributed by atoms with van der Waals surface area (Å²) in [6, 6.07) is 0. The Balaban J connectivity index is 2.01. The molecule has 26 heavy (non-hydrogen) atoms. The summed E-state index contributed by atoms with van der Waals surface area (Å²) in [5.74, 6) is -0.522.